The smallest absolute Gasteiger partial charge is 0.319 e. The lowest BCUT2D eigenvalue weighted by Gasteiger charge is -2.11. The molecule has 0 aromatic heterocycles. The van der Waals surface area contributed by atoms with E-state index in [4.69, 9.17) is 4.74 Å². The molecule has 3 amide bonds. The summed E-state index contributed by atoms with van der Waals surface area (Å²) < 4.78 is 5.11. The molecule has 7 heteroatoms. The number of hydrogen-bond donors (Lipinski definition) is 4. The second-order valence-electron chi connectivity index (χ2n) is 6.37. The Morgan fingerprint density at radius 3 is 2.37 bits per heavy atom. The van der Waals surface area contributed by atoms with Gasteiger partial charge in [0.1, 0.15) is 5.75 Å². The Bertz CT molecular complexity index is 775. The molecule has 0 spiro atoms. The Morgan fingerprint density at radius 1 is 1.07 bits per heavy atom. The maximum absolute atomic E-state index is 12.0. The zero-order valence-electron chi connectivity index (χ0n) is 15.2. The van der Waals surface area contributed by atoms with E-state index in [9.17, 15) is 9.59 Å². The molecule has 0 radical (unpaired) electrons. The van der Waals surface area contributed by atoms with Gasteiger partial charge in [0, 0.05) is 25.3 Å². The minimum atomic E-state index is -0.265. The molecular weight excluding hydrogens is 344 g/mol. The number of benzene rings is 2. The first-order chi connectivity index (χ1) is 13.1. The molecule has 142 valence electrons. The molecular formula is C20H24N4O3. The van der Waals surface area contributed by atoms with Crippen molar-refractivity contribution in [2.45, 2.75) is 25.6 Å². The third-order valence-electron chi connectivity index (χ3n) is 4.43. The van der Waals surface area contributed by atoms with Crippen molar-refractivity contribution in [3.05, 3.63) is 59.7 Å². The molecule has 0 bridgehead atoms. The summed E-state index contributed by atoms with van der Waals surface area (Å²) in [6, 6.07) is 14.7. The molecule has 0 aliphatic carbocycles. The molecule has 7 nitrogen and oxygen atoms in total. The van der Waals surface area contributed by atoms with E-state index in [1.165, 1.54) is 0 Å². The number of carbonyl (C=O) groups excluding carboxylic acids is 2. The van der Waals surface area contributed by atoms with Gasteiger partial charge in [-0.25, -0.2) is 4.79 Å². The highest BCUT2D eigenvalue weighted by Gasteiger charge is 2.22. The van der Waals surface area contributed by atoms with Gasteiger partial charge in [0.15, 0.2) is 0 Å². The quantitative estimate of drug-likeness (QED) is 0.602. The summed E-state index contributed by atoms with van der Waals surface area (Å²) in [5.41, 5.74) is 2.76. The fraction of sp³-hybridized carbons (Fsp3) is 0.300. The van der Waals surface area contributed by atoms with Crippen LogP contribution in [0.15, 0.2) is 48.5 Å². The van der Waals surface area contributed by atoms with Crippen LogP contribution < -0.4 is 26.0 Å². The van der Waals surface area contributed by atoms with E-state index in [-0.39, 0.29) is 18.0 Å². The molecule has 1 heterocycles. The first-order valence-electron chi connectivity index (χ1n) is 8.92. The minimum Gasteiger partial charge on any atom is -0.497 e. The number of nitrogens with one attached hydrogen (secondary N) is 4. The van der Waals surface area contributed by atoms with Crippen LogP contribution in [0.5, 0.6) is 5.75 Å². The fourth-order valence-electron chi connectivity index (χ4n) is 2.84. The van der Waals surface area contributed by atoms with Gasteiger partial charge in [-0.15, -0.1) is 0 Å². The van der Waals surface area contributed by atoms with E-state index in [0.717, 1.165) is 29.8 Å². The maximum atomic E-state index is 12.0. The van der Waals surface area contributed by atoms with Gasteiger partial charge < -0.3 is 26.0 Å². The molecule has 0 unspecified atom stereocenters. The molecule has 4 N–H and O–H groups in total. The molecule has 1 atom stereocenters. The number of rotatable bonds is 7. The Morgan fingerprint density at radius 2 is 1.74 bits per heavy atom. The first kappa shape index (κ1) is 18.7. The molecule has 1 fully saturated rings. The van der Waals surface area contributed by atoms with E-state index < -0.39 is 0 Å². The van der Waals surface area contributed by atoms with E-state index >= 15 is 0 Å². The number of urea groups is 1. The summed E-state index contributed by atoms with van der Waals surface area (Å²) in [7, 11) is 1.62. The van der Waals surface area contributed by atoms with Gasteiger partial charge in [0.25, 0.3) is 0 Å². The highest BCUT2D eigenvalue weighted by Crippen LogP contribution is 2.12. The van der Waals surface area contributed by atoms with Crippen molar-refractivity contribution in [1.82, 2.24) is 16.0 Å². The average molecular weight is 368 g/mol. The lowest BCUT2D eigenvalue weighted by atomic mass is 10.2. The van der Waals surface area contributed by atoms with Gasteiger partial charge in [-0.05, 0) is 41.8 Å². The fourth-order valence-corrected chi connectivity index (χ4v) is 2.84. The molecule has 0 saturated carbocycles. The Hall–Kier alpha value is -3.06. The van der Waals surface area contributed by atoms with Crippen LogP contribution in [-0.2, 0) is 17.9 Å². The van der Waals surface area contributed by atoms with Gasteiger partial charge in [-0.3, -0.25) is 4.79 Å². The van der Waals surface area contributed by atoms with Crippen molar-refractivity contribution < 1.29 is 14.3 Å². The van der Waals surface area contributed by atoms with Crippen LogP contribution in [-0.4, -0.2) is 31.6 Å². The Kier molecular flexibility index (Phi) is 6.27. The van der Waals surface area contributed by atoms with E-state index in [1.54, 1.807) is 7.11 Å². The third-order valence-corrected chi connectivity index (χ3v) is 4.43. The van der Waals surface area contributed by atoms with Crippen LogP contribution >= 0.6 is 0 Å². The highest BCUT2D eigenvalue weighted by atomic mass is 16.5. The standard InChI is InChI=1S/C20H24N4O3/c1-27-17-8-4-15(5-9-17)13-23-20(26)24-16-6-2-14(3-7-16)12-22-18-10-11-21-19(18)25/h2-9,18,22H,10-13H2,1H3,(H,21,25)(H2,23,24,26)/t18-/m1/s1. The van der Waals surface area contributed by atoms with Crippen LogP contribution in [0.1, 0.15) is 17.5 Å². The molecule has 1 aliphatic heterocycles. The predicted molar refractivity (Wildman–Crippen MR) is 104 cm³/mol. The number of amides is 3. The van der Waals surface area contributed by atoms with Crippen molar-refractivity contribution in [2.24, 2.45) is 0 Å². The second kappa shape index (κ2) is 9.05. The summed E-state index contributed by atoms with van der Waals surface area (Å²) in [6.45, 7) is 1.77. The average Bonchev–Trinajstić information content (AvgIpc) is 3.11. The highest BCUT2D eigenvalue weighted by molar-refractivity contribution is 5.89. The zero-order chi connectivity index (χ0) is 19.1. The Balaban J connectivity index is 1.42. The first-order valence-corrected chi connectivity index (χ1v) is 8.92. The van der Waals surface area contributed by atoms with Crippen molar-refractivity contribution in [3.8, 4) is 5.75 Å². The van der Waals surface area contributed by atoms with Gasteiger partial charge in [-0.2, -0.15) is 0 Å². The number of ether oxygens (including phenoxy) is 1. The largest absolute Gasteiger partial charge is 0.497 e. The number of methoxy groups -OCH3 is 1. The van der Waals surface area contributed by atoms with Crippen LogP contribution in [0.3, 0.4) is 0 Å². The van der Waals surface area contributed by atoms with Crippen molar-refractivity contribution in [1.29, 1.82) is 0 Å². The summed E-state index contributed by atoms with van der Waals surface area (Å²) in [5, 5.41) is 11.7. The second-order valence-corrected chi connectivity index (χ2v) is 6.37. The molecule has 2 aromatic carbocycles. The number of anilines is 1. The molecule has 27 heavy (non-hydrogen) atoms. The molecule has 2 aromatic rings. The van der Waals surface area contributed by atoms with E-state index in [1.807, 2.05) is 48.5 Å². The minimum absolute atomic E-state index is 0.0572. The summed E-state index contributed by atoms with van der Waals surface area (Å²) in [6.07, 6.45) is 0.812. The monoisotopic (exact) mass is 368 g/mol. The summed E-state index contributed by atoms with van der Waals surface area (Å²) >= 11 is 0. The van der Waals surface area contributed by atoms with Crippen LogP contribution in [0, 0.1) is 0 Å². The maximum Gasteiger partial charge on any atom is 0.319 e. The SMILES string of the molecule is COc1ccc(CNC(=O)Nc2ccc(CN[C@@H]3CCNC3=O)cc2)cc1. The van der Waals surface area contributed by atoms with Crippen LogP contribution in [0.25, 0.3) is 0 Å². The predicted octanol–water partition coefficient (Wildman–Crippen LogP) is 1.99. The number of hydrogen-bond acceptors (Lipinski definition) is 4. The van der Waals surface area contributed by atoms with Gasteiger partial charge in [0.2, 0.25) is 5.91 Å². The topological polar surface area (TPSA) is 91.5 Å². The summed E-state index contributed by atoms with van der Waals surface area (Å²) in [5.74, 6) is 0.841. The number of carbonyl (C=O) groups is 2. The molecule has 1 saturated heterocycles. The van der Waals surface area contributed by atoms with Crippen LogP contribution in [0.4, 0.5) is 10.5 Å². The third kappa shape index (κ3) is 5.46. The molecule has 1 aliphatic rings. The van der Waals surface area contributed by atoms with E-state index in [2.05, 4.69) is 21.3 Å². The zero-order valence-corrected chi connectivity index (χ0v) is 15.2. The van der Waals surface area contributed by atoms with E-state index in [0.29, 0.717) is 18.8 Å². The lowest BCUT2D eigenvalue weighted by Crippen LogP contribution is -2.35. The van der Waals surface area contributed by atoms with Gasteiger partial charge in [0.05, 0.1) is 13.2 Å². The molecule has 3 rings (SSSR count). The van der Waals surface area contributed by atoms with Gasteiger partial charge >= 0.3 is 6.03 Å². The van der Waals surface area contributed by atoms with Gasteiger partial charge in [-0.1, -0.05) is 24.3 Å². The summed E-state index contributed by atoms with van der Waals surface area (Å²) in [4.78, 5) is 23.6. The lowest BCUT2D eigenvalue weighted by molar-refractivity contribution is -0.120. The van der Waals surface area contributed by atoms with Crippen LogP contribution in [0.2, 0.25) is 0 Å². The Labute approximate surface area is 158 Å². The van der Waals surface area contributed by atoms with Crippen molar-refractivity contribution in [2.75, 3.05) is 19.0 Å². The van der Waals surface area contributed by atoms with Crippen molar-refractivity contribution >= 4 is 17.6 Å². The van der Waals surface area contributed by atoms with Crippen molar-refractivity contribution in [3.63, 3.8) is 0 Å². The normalized spacial score (nSPS) is 15.9.